The summed E-state index contributed by atoms with van der Waals surface area (Å²) in [4.78, 5) is 16.1. The predicted octanol–water partition coefficient (Wildman–Crippen LogP) is 2.62. The van der Waals surface area contributed by atoms with Gasteiger partial charge in [0.2, 0.25) is 5.91 Å². The van der Waals surface area contributed by atoms with Gasteiger partial charge in [0.15, 0.2) is 5.58 Å². The summed E-state index contributed by atoms with van der Waals surface area (Å²) < 4.78 is 10.7. The lowest BCUT2D eigenvalue weighted by Crippen LogP contribution is -2.43. The summed E-state index contributed by atoms with van der Waals surface area (Å²) in [6, 6.07) is 12.0. The fourth-order valence-electron chi connectivity index (χ4n) is 3.27. The second-order valence-electron chi connectivity index (χ2n) is 6.29. The molecule has 6 nitrogen and oxygen atoms in total. The SMILES string of the molecule is O=C(Cc1noc2ccccc12)NC[C@H](c1cccs1)N1CCOCC1. The van der Waals surface area contributed by atoms with Crippen LogP contribution in [0.1, 0.15) is 16.6 Å². The van der Waals surface area contributed by atoms with Crippen molar-refractivity contribution in [3.05, 3.63) is 52.3 Å². The lowest BCUT2D eigenvalue weighted by Gasteiger charge is -2.34. The number of amides is 1. The Morgan fingerprint density at radius 2 is 2.08 bits per heavy atom. The number of fused-ring (bicyclic) bond motifs is 1. The summed E-state index contributed by atoms with van der Waals surface area (Å²) in [5.74, 6) is -0.0427. The van der Waals surface area contributed by atoms with Crippen LogP contribution in [0.5, 0.6) is 0 Å². The van der Waals surface area contributed by atoms with Crippen LogP contribution in [0, 0.1) is 0 Å². The van der Waals surface area contributed by atoms with Gasteiger partial charge in [-0.05, 0) is 23.6 Å². The highest BCUT2D eigenvalue weighted by molar-refractivity contribution is 7.10. The van der Waals surface area contributed by atoms with Gasteiger partial charge in [-0.25, -0.2) is 0 Å². The van der Waals surface area contributed by atoms with Gasteiger partial charge in [0.1, 0.15) is 5.69 Å². The van der Waals surface area contributed by atoms with Crippen LogP contribution in [0.25, 0.3) is 11.0 Å². The maximum atomic E-state index is 12.5. The Morgan fingerprint density at radius 1 is 1.23 bits per heavy atom. The largest absolute Gasteiger partial charge is 0.379 e. The molecule has 0 unspecified atom stereocenters. The Kier molecular flexibility index (Phi) is 5.29. The average Bonchev–Trinajstić information content (AvgIpc) is 3.34. The molecule has 0 spiro atoms. The summed E-state index contributed by atoms with van der Waals surface area (Å²) in [7, 11) is 0. The third-order valence-corrected chi connectivity index (χ3v) is 5.60. The molecule has 1 aliphatic rings. The smallest absolute Gasteiger partial charge is 0.226 e. The molecule has 1 amide bonds. The minimum atomic E-state index is -0.0427. The molecule has 1 aliphatic heterocycles. The number of rotatable bonds is 6. The molecule has 1 atom stereocenters. The Balaban J connectivity index is 1.41. The quantitative estimate of drug-likeness (QED) is 0.721. The van der Waals surface area contributed by atoms with E-state index in [-0.39, 0.29) is 18.4 Å². The van der Waals surface area contributed by atoms with Crippen LogP contribution in [0.4, 0.5) is 0 Å². The van der Waals surface area contributed by atoms with Gasteiger partial charge in [-0.3, -0.25) is 9.69 Å². The number of carbonyl (C=O) groups is 1. The first-order valence-electron chi connectivity index (χ1n) is 8.76. The number of para-hydroxylation sites is 1. The van der Waals surface area contributed by atoms with Crippen molar-refractivity contribution >= 4 is 28.2 Å². The maximum absolute atomic E-state index is 12.5. The molecule has 2 aromatic heterocycles. The van der Waals surface area contributed by atoms with Gasteiger partial charge in [-0.1, -0.05) is 23.4 Å². The Hall–Kier alpha value is -2.22. The third-order valence-electron chi connectivity index (χ3n) is 4.63. The first kappa shape index (κ1) is 17.2. The van der Waals surface area contributed by atoms with Gasteiger partial charge in [-0.15, -0.1) is 11.3 Å². The minimum Gasteiger partial charge on any atom is -0.379 e. The molecule has 4 rings (SSSR count). The Morgan fingerprint density at radius 3 is 2.88 bits per heavy atom. The van der Waals surface area contributed by atoms with E-state index in [0.717, 1.165) is 31.7 Å². The van der Waals surface area contributed by atoms with Gasteiger partial charge in [0, 0.05) is 29.9 Å². The highest BCUT2D eigenvalue weighted by Gasteiger charge is 2.24. The number of ether oxygens (including phenoxy) is 1. The van der Waals surface area contributed by atoms with Crippen molar-refractivity contribution in [1.29, 1.82) is 0 Å². The molecule has 3 heterocycles. The van der Waals surface area contributed by atoms with Crippen LogP contribution in [-0.4, -0.2) is 48.8 Å². The number of nitrogens with zero attached hydrogens (tertiary/aromatic N) is 2. The van der Waals surface area contributed by atoms with E-state index in [1.807, 2.05) is 24.3 Å². The fraction of sp³-hybridized carbons (Fsp3) is 0.368. The number of thiophene rings is 1. The number of morpholine rings is 1. The molecule has 0 radical (unpaired) electrons. The van der Waals surface area contributed by atoms with E-state index < -0.39 is 0 Å². The number of hydrogen-bond donors (Lipinski definition) is 1. The van der Waals surface area contributed by atoms with Crippen LogP contribution in [0.3, 0.4) is 0 Å². The zero-order valence-corrected chi connectivity index (χ0v) is 15.2. The molecule has 1 fully saturated rings. The second kappa shape index (κ2) is 7.99. The monoisotopic (exact) mass is 371 g/mol. The van der Waals surface area contributed by atoms with E-state index in [2.05, 4.69) is 32.9 Å². The standard InChI is InChI=1S/C19H21N3O3S/c23-19(12-15-14-4-1-2-5-17(14)25-21-15)20-13-16(18-6-3-11-26-18)22-7-9-24-10-8-22/h1-6,11,16H,7-10,12-13H2,(H,20,23)/t16-/m1/s1. The number of benzene rings is 1. The number of carbonyl (C=O) groups excluding carboxylic acids is 1. The van der Waals surface area contributed by atoms with E-state index in [9.17, 15) is 4.79 Å². The van der Waals surface area contributed by atoms with Crippen molar-refractivity contribution in [1.82, 2.24) is 15.4 Å². The zero-order chi connectivity index (χ0) is 17.8. The molecule has 7 heteroatoms. The molecule has 0 saturated carbocycles. The van der Waals surface area contributed by atoms with Crippen molar-refractivity contribution in [2.75, 3.05) is 32.8 Å². The normalized spacial score (nSPS) is 16.6. The van der Waals surface area contributed by atoms with Crippen LogP contribution in [0.2, 0.25) is 0 Å². The highest BCUT2D eigenvalue weighted by Crippen LogP contribution is 2.25. The molecule has 0 aliphatic carbocycles. The van der Waals surface area contributed by atoms with Crippen molar-refractivity contribution in [3.8, 4) is 0 Å². The summed E-state index contributed by atoms with van der Waals surface area (Å²) in [5, 5.41) is 10.1. The highest BCUT2D eigenvalue weighted by atomic mass is 32.1. The average molecular weight is 371 g/mol. The zero-order valence-electron chi connectivity index (χ0n) is 14.4. The Bertz CT molecular complexity index is 856. The van der Waals surface area contributed by atoms with E-state index in [0.29, 0.717) is 17.8 Å². The van der Waals surface area contributed by atoms with E-state index in [1.165, 1.54) is 4.88 Å². The molecule has 1 aromatic carbocycles. The maximum Gasteiger partial charge on any atom is 0.226 e. The fourth-order valence-corrected chi connectivity index (χ4v) is 4.13. The first-order chi connectivity index (χ1) is 12.8. The summed E-state index contributed by atoms with van der Waals surface area (Å²) in [6.45, 7) is 3.81. The number of aromatic nitrogens is 1. The van der Waals surface area contributed by atoms with Crippen LogP contribution >= 0.6 is 11.3 Å². The predicted molar refractivity (Wildman–Crippen MR) is 100 cm³/mol. The third kappa shape index (κ3) is 3.80. The summed E-state index contributed by atoms with van der Waals surface area (Å²) >= 11 is 1.72. The van der Waals surface area contributed by atoms with Crippen molar-refractivity contribution in [3.63, 3.8) is 0 Å². The molecule has 1 saturated heterocycles. The summed E-state index contributed by atoms with van der Waals surface area (Å²) in [6.07, 6.45) is 0.220. The van der Waals surface area contributed by atoms with Crippen molar-refractivity contribution in [2.45, 2.75) is 12.5 Å². The molecular formula is C19H21N3O3S. The number of nitrogens with one attached hydrogen (secondary N) is 1. The minimum absolute atomic E-state index is 0.0427. The first-order valence-corrected chi connectivity index (χ1v) is 9.64. The molecule has 0 bridgehead atoms. The van der Waals surface area contributed by atoms with Gasteiger partial charge in [0.05, 0.1) is 25.7 Å². The van der Waals surface area contributed by atoms with Crippen LogP contribution < -0.4 is 5.32 Å². The van der Waals surface area contributed by atoms with E-state index >= 15 is 0 Å². The van der Waals surface area contributed by atoms with Crippen LogP contribution in [0.15, 0.2) is 46.3 Å². The molecular weight excluding hydrogens is 350 g/mol. The molecule has 1 N–H and O–H groups in total. The van der Waals surface area contributed by atoms with E-state index in [1.54, 1.807) is 11.3 Å². The van der Waals surface area contributed by atoms with Gasteiger partial charge >= 0.3 is 0 Å². The lowest BCUT2D eigenvalue weighted by atomic mass is 10.1. The second-order valence-corrected chi connectivity index (χ2v) is 7.27. The topological polar surface area (TPSA) is 67.6 Å². The molecule has 3 aromatic rings. The Labute approximate surface area is 155 Å². The van der Waals surface area contributed by atoms with Crippen molar-refractivity contribution in [2.24, 2.45) is 0 Å². The van der Waals surface area contributed by atoms with Gasteiger partial charge in [-0.2, -0.15) is 0 Å². The molecule has 26 heavy (non-hydrogen) atoms. The van der Waals surface area contributed by atoms with Gasteiger partial charge < -0.3 is 14.6 Å². The molecule has 136 valence electrons. The van der Waals surface area contributed by atoms with E-state index in [4.69, 9.17) is 9.26 Å². The number of hydrogen-bond acceptors (Lipinski definition) is 6. The van der Waals surface area contributed by atoms with Gasteiger partial charge in [0.25, 0.3) is 0 Å². The van der Waals surface area contributed by atoms with Crippen molar-refractivity contribution < 1.29 is 14.1 Å². The summed E-state index contributed by atoms with van der Waals surface area (Å²) in [5.41, 5.74) is 1.39. The van der Waals surface area contributed by atoms with Crippen LogP contribution in [-0.2, 0) is 16.0 Å². The lowest BCUT2D eigenvalue weighted by molar-refractivity contribution is -0.120.